The highest BCUT2D eigenvalue weighted by molar-refractivity contribution is 5.26. The third kappa shape index (κ3) is 5.48. The molecule has 0 amide bonds. The number of allylic oxidation sites excluding steroid dienone is 1. The van der Waals surface area contributed by atoms with Crippen molar-refractivity contribution >= 4 is 0 Å². The summed E-state index contributed by atoms with van der Waals surface area (Å²) in [7, 11) is 0. The molecule has 0 bridgehead atoms. The van der Waals surface area contributed by atoms with Crippen molar-refractivity contribution in [2.24, 2.45) is 17.8 Å². The highest BCUT2D eigenvalue weighted by Gasteiger charge is 2.31. The monoisotopic (exact) mass is 352 g/mol. The molecule has 144 valence electrons. The molecule has 3 rings (SSSR count). The summed E-state index contributed by atoms with van der Waals surface area (Å²) in [5.74, 6) is 3.88. The van der Waals surface area contributed by atoms with Gasteiger partial charge in [-0.1, -0.05) is 56.5 Å². The van der Waals surface area contributed by atoms with Gasteiger partial charge in [0.1, 0.15) is 0 Å². The minimum absolute atomic E-state index is 0.829. The van der Waals surface area contributed by atoms with Crippen molar-refractivity contribution in [2.45, 2.75) is 96.3 Å². The summed E-state index contributed by atoms with van der Waals surface area (Å²) in [6, 6.07) is 9.64. The first kappa shape index (κ1) is 19.7. The Kier molecular flexibility index (Phi) is 7.84. The van der Waals surface area contributed by atoms with Crippen LogP contribution in [0, 0.1) is 17.8 Å². The Bertz CT molecular complexity index is 509. The zero-order valence-electron chi connectivity index (χ0n) is 17.1. The van der Waals surface area contributed by atoms with E-state index in [0.29, 0.717) is 0 Å². The van der Waals surface area contributed by atoms with Gasteiger partial charge in [0.05, 0.1) is 0 Å². The quantitative estimate of drug-likeness (QED) is 0.415. The first-order chi connectivity index (χ1) is 12.8. The van der Waals surface area contributed by atoms with Gasteiger partial charge in [0.15, 0.2) is 0 Å². The summed E-state index contributed by atoms with van der Waals surface area (Å²) in [6.45, 7) is 6.16. The van der Waals surface area contributed by atoms with Gasteiger partial charge in [0.2, 0.25) is 0 Å². The second kappa shape index (κ2) is 10.3. The predicted octanol–water partition coefficient (Wildman–Crippen LogP) is 8.08. The van der Waals surface area contributed by atoms with E-state index in [2.05, 4.69) is 43.8 Å². The Hall–Kier alpha value is -1.04. The minimum atomic E-state index is 0.829. The van der Waals surface area contributed by atoms with Crippen molar-refractivity contribution < 1.29 is 0 Å². The van der Waals surface area contributed by atoms with Crippen LogP contribution in [-0.4, -0.2) is 0 Å². The number of unbranched alkanes of at least 4 members (excludes halogenated alkanes) is 1. The molecule has 2 aliphatic rings. The lowest BCUT2D eigenvalue weighted by molar-refractivity contribution is 0.157. The molecule has 1 aromatic carbocycles. The van der Waals surface area contributed by atoms with E-state index in [0.717, 1.165) is 23.7 Å². The van der Waals surface area contributed by atoms with Crippen LogP contribution >= 0.6 is 0 Å². The summed E-state index contributed by atoms with van der Waals surface area (Å²) in [5.41, 5.74) is 3.13. The van der Waals surface area contributed by atoms with Gasteiger partial charge in [-0.2, -0.15) is 0 Å². The molecule has 0 spiro atoms. The van der Waals surface area contributed by atoms with E-state index < -0.39 is 0 Å². The molecule has 0 aromatic heterocycles. The average Bonchev–Trinajstić information content (AvgIpc) is 2.72. The molecular weight excluding hydrogens is 312 g/mol. The van der Waals surface area contributed by atoms with Gasteiger partial charge >= 0.3 is 0 Å². The first-order valence-electron chi connectivity index (χ1n) is 11.5. The van der Waals surface area contributed by atoms with Crippen LogP contribution in [0.2, 0.25) is 0 Å². The SMILES string of the molecule is C=CCCC1CCC(C2CCC(c3ccc(CCCC)cc3)CC2)CC1. The van der Waals surface area contributed by atoms with E-state index in [4.69, 9.17) is 0 Å². The van der Waals surface area contributed by atoms with Crippen LogP contribution in [0.25, 0.3) is 0 Å². The van der Waals surface area contributed by atoms with Crippen molar-refractivity contribution in [1.82, 2.24) is 0 Å². The van der Waals surface area contributed by atoms with Gasteiger partial charge in [-0.25, -0.2) is 0 Å². The van der Waals surface area contributed by atoms with Crippen molar-refractivity contribution in [1.29, 1.82) is 0 Å². The molecule has 2 saturated carbocycles. The average molecular weight is 353 g/mol. The molecule has 0 saturated heterocycles. The van der Waals surface area contributed by atoms with Crippen molar-refractivity contribution in [3.63, 3.8) is 0 Å². The Morgan fingerprint density at radius 1 is 0.885 bits per heavy atom. The maximum Gasteiger partial charge on any atom is -0.0162 e. The van der Waals surface area contributed by atoms with Crippen LogP contribution in [0.3, 0.4) is 0 Å². The second-order valence-corrected chi connectivity index (χ2v) is 9.10. The summed E-state index contributed by atoms with van der Waals surface area (Å²) >= 11 is 0. The minimum Gasteiger partial charge on any atom is -0.103 e. The normalized spacial score (nSPS) is 29.4. The zero-order chi connectivity index (χ0) is 18.2. The smallest absolute Gasteiger partial charge is 0.0162 e. The number of benzene rings is 1. The Labute approximate surface area is 162 Å². The topological polar surface area (TPSA) is 0 Å². The van der Waals surface area contributed by atoms with Crippen molar-refractivity contribution in [3.05, 3.63) is 48.0 Å². The van der Waals surface area contributed by atoms with Gasteiger partial charge in [-0.15, -0.1) is 6.58 Å². The fraction of sp³-hybridized carbons (Fsp3) is 0.692. The standard InChI is InChI=1S/C26H40/c1-3-5-7-21-9-13-23(14-10-21)25-17-19-26(20-18-25)24-15-11-22(12-16-24)8-6-4-2/h3,11-12,15-16,21,23,25-26H,1,4-10,13-14,17-20H2,2H3. The molecule has 0 heterocycles. The van der Waals surface area contributed by atoms with Crippen LogP contribution < -0.4 is 0 Å². The van der Waals surface area contributed by atoms with E-state index in [1.165, 1.54) is 89.0 Å². The molecular formula is C26H40. The number of rotatable bonds is 8. The summed E-state index contributed by atoms with van der Waals surface area (Å²) in [6.07, 6.45) is 20.3. The number of aryl methyl sites for hydroxylation is 1. The van der Waals surface area contributed by atoms with E-state index >= 15 is 0 Å². The predicted molar refractivity (Wildman–Crippen MR) is 115 cm³/mol. The molecule has 0 nitrogen and oxygen atoms in total. The Morgan fingerprint density at radius 2 is 1.50 bits per heavy atom. The molecule has 1 aromatic rings. The molecule has 26 heavy (non-hydrogen) atoms. The van der Waals surface area contributed by atoms with Crippen LogP contribution in [0.1, 0.15) is 101 Å². The zero-order valence-corrected chi connectivity index (χ0v) is 17.1. The maximum atomic E-state index is 3.88. The van der Waals surface area contributed by atoms with Crippen LogP contribution in [-0.2, 0) is 6.42 Å². The third-order valence-corrected chi connectivity index (χ3v) is 7.38. The third-order valence-electron chi connectivity index (χ3n) is 7.38. The summed E-state index contributed by atoms with van der Waals surface area (Å²) in [4.78, 5) is 0. The van der Waals surface area contributed by atoms with Crippen LogP contribution in [0.4, 0.5) is 0 Å². The van der Waals surface area contributed by atoms with Gasteiger partial charge in [0.25, 0.3) is 0 Å². The van der Waals surface area contributed by atoms with Crippen LogP contribution in [0.5, 0.6) is 0 Å². The fourth-order valence-electron chi connectivity index (χ4n) is 5.56. The summed E-state index contributed by atoms with van der Waals surface area (Å²) < 4.78 is 0. The lowest BCUT2D eigenvalue weighted by Gasteiger charge is -2.38. The van der Waals surface area contributed by atoms with E-state index in [1.807, 2.05) is 0 Å². The lowest BCUT2D eigenvalue weighted by Crippen LogP contribution is -2.25. The molecule has 0 heteroatoms. The Balaban J connectivity index is 1.42. The van der Waals surface area contributed by atoms with Gasteiger partial charge in [-0.05, 0) is 99.0 Å². The van der Waals surface area contributed by atoms with Gasteiger partial charge in [-0.3, -0.25) is 0 Å². The fourth-order valence-corrected chi connectivity index (χ4v) is 5.56. The van der Waals surface area contributed by atoms with Crippen molar-refractivity contribution in [3.8, 4) is 0 Å². The highest BCUT2D eigenvalue weighted by Crippen LogP contribution is 2.44. The molecule has 0 N–H and O–H groups in total. The van der Waals surface area contributed by atoms with Gasteiger partial charge in [0, 0.05) is 0 Å². The number of hydrogen-bond donors (Lipinski definition) is 0. The van der Waals surface area contributed by atoms with E-state index in [1.54, 1.807) is 5.56 Å². The highest BCUT2D eigenvalue weighted by atomic mass is 14.4. The Morgan fingerprint density at radius 3 is 2.08 bits per heavy atom. The molecule has 2 aliphatic carbocycles. The summed E-state index contributed by atoms with van der Waals surface area (Å²) in [5, 5.41) is 0. The van der Waals surface area contributed by atoms with Crippen molar-refractivity contribution in [2.75, 3.05) is 0 Å². The second-order valence-electron chi connectivity index (χ2n) is 9.10. The maximum absolute atomic E-state index is 3.88. The van der Waals surface area contributed by atoms with Crippen LogP contribution in [0.15, 0.2) is 36.9 Å². The lowest BCUT2D eigenvalue weighted by atomic mass is 9.68. The molecule has 0 atom stereocenters. The van der Waals surface area contributed by atoms with E-state index in [9.17, 15) is 0 Å². The van der Waals surface area contributed by atoms with E-state index in [-0.39, 0.29) is 0 Å². The largest absolute Gasteiger partial charge is 0.103 e. The molecule has 2 fully saturated rings. The first-order valence-corrected chi connectivity index (χ1v) is 11.5. The number of hydrogen-bond acceptors (Lipinski definition) is 0. The molecule has 0 aliphatic heterocycles. The molecule has 0 radical (unpaired) electrons. The molecule has 0 unspecified atom stereocenters. The van der Waals surface area contributed by atoms with Gasteiger partial charge < -0.3 is 0 Å².